The average Bonchev–Trinajstić information content (AvgIpc) is 2.93. The van der Waals surface area contributed by atoms with Gasteiger partial charge in [-0.25, -0.2) is 9.59 Å². The van der Waals surface area contributed by atoms with Crippen LogP contribution in [0.2, 0.25) is 0 Å². The molecule has 6 nitrogen and oxygen atoms in total. The number of rotatable bonds is 14. The van der Waals surface area contributed by atoms with Gasteiger partial charge in [-0.2, -0.15) is 0 Å². The molecule has 4 N–H and O–H groups in total. The maximum Gasteiger partial charge on any atom is 0.338 e. The minimum atomic E-state index is -0.436. The van der Waals surface area contributed by atoms with Crippen LogP contribution in [0.4, 0.5) is 11.4 Å². The van der Waals surface area contributed by atoms with E-state index in [4.69, 9.17) is 20.9 Å². The Balaban J connectivity index is 1.36. The summed E-state index contributed by atoms with van der Waals surface area (Å²) in [6.45, 7) is 4.42. The van der Waals surface area contributed by atoms with Gasteiger partial charge in [0.05, 0.1) is 12.2 Å². The van der Waals surface area contributed by atoms with Gasteiger partial charge in [0.2, 0.25) is 0 Å². The van der Waals surface area contributed by atoms with Crippen molar-refractivity contribution in [2.24, 2.45) is 5.92 Å². The highest BCUT2D eigenvalue weighted by Crippen LogP contribution is 2.30. The minimum Gasteiger partial charge on any atom is -0.462 e. The molecular weight excluding hydrogens is 488 g/mol. The number of esters is 2. The van der Waals surface area contributed by atoms with E-state index in [1.165, 1.54) is 51.0 Å². The fourth-order valence-electron chi connectivity index (χ4n) is 5.20. The van der Waals surface area contributed by atoms with Crippen molar-refractivity contribution in [1.82, 2.24) is 0 Å². The summed E-state index contributed by atoms with van der Waals surface area (Å²) in [5, 5.41) is 0. The second-order valence-corrected chi connectivity index (χ2v) is 11.0. The molecule has 2 aromatic rings. The van der Waals surface area contributed by atoms with Gasteiger partial charge in [-0.05, 0) is 79.1 Å². The highest BCUT2D eigenvalue weighted by Gasteiger charge is 2.24. The van der Waals surface area contributed by atoms with Crippen LogP contribution in [0.5, 0.6) is 0 Å². The summed E-state index contributed by atoms with van der Waals surface area (Å²) >= 11 is 0. The number of anilines is 2. The van der Waals surface area contributed by atoms with E-state index < -0.39 is 5.97 Å². The van der Waals surface area contributed by atoms with E-state index >= 15 is 0 Å². The second-order valence-electron chi connectivity index (χ2n) is 11.0. The summed E-state index contributed by atoms with van der Waals surface area (Å²) in [4.78, 5) is 24.8. The zero-order chi connectivity index (χ0) is 28.0. The zero-order valence-electron chi connectivity index (χ0n) is 23.7. The first-order chi connectivity index (χ1) is 18.8. The van der Waals surface area contributed by atoms with Crippen molar-refractivity contribution in [3.63, 3.8) is 0 Å². The highest BCUT2D eigenvalue weighted by atomic mass is 16.5. The predicted molar refractivity (Wildman–Crippen MR) is 159 cm³/mol. The lowest BCUT2D eigenvalue weighted by Gasteiger charge is -2.28. The van der Waals surface area contributed by atoms with Crippen molar-refractivity contribution in [3.05, 3.63) is 65.2 Å². The lowest BCUT2D eigenvalue weighted by molar-refractivity contribution is -0.138. The molecular formula is C33H46N2O4. The van der Waals surface area contributed by atoms with Crippen molar-refractivity contribution < 1.29 is 19.1 Å². The number of nitrogen functional groups attached to an aromatic ring is 2. The fourth-order valence-corrected chi connectivity index (χ4v) is 5.20. The molecule has 0 aromatic heterocycles. The number of hydrogen-bond donors (Lipinski definition) is 2. The summed E-state index contributed by atoms with van der Waals surface area (Å²) in [7, 11) is 0. The van der Waals surface area contributed by atoms with Gasteiger partial charge in [0.15, 0.2) is 0 Å². The molecule has 1 aliphatic carbocycles. The lowest BCUT2D eigenvalue weighted by atomic mass is 9.84. The molecule has 39 heavy (non-hydrogen) atoms. The third-order valence-corrected chi connectivity index (χ3v) is 7.64. The van der Waals surface area contributed by atoms with Crippen LogP contribution in [0.3, 0.4) is 0 Å². The quantitative estimate of drug-likeness (QED) is 0.111. The Labute approximate surface area is 234 Å². The summed E-state index contributed by atoms with van der Waals surface area (Å²) in [5.74, 6) is 0.0339. The second kappa shape index (κ2) is 16.0. The molecule has 3 rings (SSSR count). The lowest BCUT2D eigenvalue weighted by Crippen LogP contribution is -2.24. The van der Waals surface area contributed by atoms with Crippen molar-refractivity contribution in [3.8, 4) is 0 Å². The Kier molecular flexibility index (Phi) is 12.4. The largest absolute Gasteiger partial charge is 0.462 e. The SMILES string of the molecule is CCCCCCCCC1CCC(OC(=O)c2ccc(C=CC(=O)OCC(C)c3cc(N)cc(N)c3)cc2)CC1. The van der Waals surface area contributed by atoms with E-state index in [0.717, 1.165) is 42.7 Å². The Morgan fingerprint density at radius 3 is 2.23 bits per heavy atom. The number of nitrogens with two attached hydrogens (primary N) is 2. The van der Waals surface area contributed by atoms with Gasteiger partial charge in [0.25, 0.3) is 0 Å². The molecule has 1 atom stereocenters. The molecule has 0 amide bonds. The number of hydrogen-bond acceptors (Lipinski definition) is 6. The topological polar surface area (TPSA) is 105 Å². The van der Waals surface area contributed by atoms with Crippen molar-refractivity contribution >= 4 is 29.4 Å². The fraction of sp³-hybridized carbons (Fsp3) is 0.515. The highest BCUT2D eigenvalue weighted by molar-refractivity contribution is 5.90. The monoisotopic (exact) mass is 534 g/mol. The molecule has 0 saturated heterocycles. The summed E-state index contributed by atoms with van der Waals surface area (Å²) < 4.78 is 11.2. The van der Waals surface area contributed by atoms with E-state index in [-0.39, 0.29) is 24.6 Å². The van der Waals surface area contributed by atoms with Gasteiger partial charge in [0, 0.05) is 23.4 Å². The molecule has 1 aliphatic rings. The number of carbonyl (C=O) groups is 2. The third-order valence-electron chi connectivity index (χ3n) is 7.64. The number of ether oxygens (including phenoxy) is 2. The number of unbranched alkanes of at least 4 members (excludes halogenated alkanes) is 5. The molecule has 0 aliphatic heterocycles. The van der Waals surface area contributed by atoms with E-state index in [0.29, 0.717) is 16.9 Å². The first kappa shape index (κ1) is 30.3. The van der Waals surface area contributed by atoms with E-state index in [9.17, 15) is 9.59 Å². The van der Waals surface area contributed by atoms with Crippen LogP contribution in [0.25, 0.3) is 6.08 Å². The standard InChI is InChI=1S/C33H46N2O4/c1-3-4-5-6-7-8-9-25-12-17-31(18-13-25)39-33(37)27-15-10-26(11-16-27)14-19-32(36)38-23-24(2)28-20-29(34)22-30(35)21-28/h10-11,14-16,19-22,24-25,31H,3-9,12-13,17-18,23,34-35H2,1-2H3. The van der Waals surface area contributed by atoms with Crippen molar-refractivity contribution in [2.75, 3.05) is 18.1 Å². The van der Waals surface area contributed by atoms with Crippen molar-refractivity contribution in [2.45, 2.75) is 96.5 Å². The van der Waals surface area contributed by atoms with E-state index in [2.05, 4.69) is 6.92 Å². The van der Waals surface area contributed by atoms with Crippen LogP contribution in [0, 0.1) is 5.92 Å². The van der Waals surface area contributed by atoms with E-state index in [1.54, 1.807) is 36.4 Å². The van der Waals surface area contributed by atoms with Gasteiger partial charge in [-0.15, -0.1) is 0 Å². The Hall–Kier alpha value is -3.28. The van der Waals surface area contributed by atoms with Crippen LogP contribution < -0.4 is 11.5 Å². The molecule has 1 fully saturated rings. The summed E-state index contributed by atoms with van der Waals surface area (Å²) in [6, 6.07) is 12.4. The number of benzene rings is 2. The zero-order valence-corrected chi connectivity index (χ0v) is 23.7. The molecule has 1 saturated carbocycles. The molecule has 6 heteroatoms. The smallest absolute Gasteiger partial charge is 0.338 e. The van der Waals surface area contributed by atoms with Crippen LogP contribution >= 0.6 is 0 Å². The number of carbonyl (C=O) groups excluding carboxylic acids is 2. The van der Waals surface area contributed by atoms with Gasteiger partial charge in [0.1, 0.15) is 6.10 Å². The molecule has 0 radical (unpaired) electrons. The van der Waals surface area contributed by atoms with Gasteiger partial charge in [-0.3, -0.25) is 0 Å². The Morgan fingerprint density at radius 1 is 0.923 bits per heavy atom. The maximum absolute atomic E-state index is 12.6. The first-order valence-electron chi connectivity index (χ1n) is 14.7. The normalized spacial score (nSPS) is 18.1. The van der Waals surface area contributed by atoms with Crippen LogP contribution in [-0.4, -0.2) is 24.6 Å². The van der Waals surface area contributed by atoms with Crippen LogP contribution in [-0.2, 0) is 14.3 Å². The third kappa shape index (κ3) is 10.8. The molecule has 0 heterocycles. The summed E-state index contributed by atoms with van der Waals surface area (Å²) in [6.07, 6.45) is 16.7. The molecule has 0 bridgehead atoms. The first-order valence-corrected chi connectivity index (χ1v) is 14.7. The average molecular weight is 535 g/mol. The Bertz CT molecular complexity index is 1050. The maximum atomic E-state index is 12.6. The van der Waals surface area contributed by atoms with Crippen molar-refractivity contribution in [1.29, 1.82) is 0 Å². The van der Waals surface area contributed by atoms with Gasteiger partial charge < -0.3 is 20.9 Å². The molecule has 1 unspecified atom stereocenters. The van der Waals surface area contributed by atoms with E-state index in [1.807, 2.05) is 19.1 Å². The van der Waals surface area contributed by atoms with Gasteiger partial charge >= 0.3 is 11.9 Å². The molecule has 212 valence electrons. The molecule has 0 spiro atoms. The summed E-state index contributed by atoms with van der Waals surface area (Å²) in [5.41, 5.74) is 15.1. The van der Waals surface area contributed by atoms with Crippen LogP contribution in [0.1, 0.15) is 112 Å². The predicted octanol–water partition coefficient (Wildman–Crippen LogP) is 7.68. The van der Waals surface area contributed by atoms with Gasteiger partial charge in [-0.1, -0.05) is 70.9 Å². The molecule has 2 aromatic carbocycles. The minimum absolute atomic E-state index is 0.0128. The van der Waals surface area contributed by atoms with Crippen LogP contribution in [0.15, 0.2) is 48.5 Å². The Morgan fingerprint density at radius 2 is 1.56 bits per heavy atom.